The predicted octanol–water partition coefficient (Wildman–Crippen LogP) is 3.42. The van der Waals surface area contributed by atoms with Gasteiger partial charge in [-0.15, -0.1) is 22.9 Å². The number of amides is 1. The van der Waals surface area contributed by atoms with Crippen molar-refractivity contribution in [1.29, 1.82) is 0 Å². The number of alkyl halides is 1. The Kier molecular flexibility index (Phi) is 5.01. The van der Waals surface area contributed by atoms with Crippen LogP contribution >= 0.6 is 22.9 Å². The first-order valence-electron chi connectivity index (χ1n) is 6.50. The molecule has 0 spiro atoms. The third-order valence-electron chi connectivity index (χ3n) is 3.57. The first kappa shape index (κ1) is 13.8. The monoisotopic (exact) mass is 286 g/mol. The van der Waals surface area contributed by atoms with Gasteiger partial charge in [0.1, 0.15) is 5.01 Å². The number of rotatable bonds is 4. The minimum Gasteiger partial charge on any atom is -0.336 e. The van der Waals surface area contributed by atoms with E-state index in [1.165, 1.54) is 6.42 Å². The minimum absolute atomic E-state index is 0.272. The van der Waals surface area contributed by atoms with Gasteiger partial charge in [-0.3, -0.25) is 4.79 Å². The van der Waals surface area contributed by atoms with Crippen LogP contribution in [-0.4, -0.2) is 22.3 Å². The number of aromatic nitrogens is 1. The fourth-order valence-electron chi connectivity index (χ4n) is 2.31. The summed E-state index contributed by atoms with van der Waals surface area (Å²) >= 11 is 7.33. The molecule has 2 heterocycles. The predicted molar refractivity (Wildman–Crippen MR) is 74.7 cm³/mol. The summed E-state index contributed by atoms with van der Waals surface area (Å²) < 4.78 is 0. The molecule has 1 amide bonds. The van der Waals surface area contributed by atoms with Crippen LogP contribution in [0.3, 0.4) is 0 Å². The number of nitrogens with zero attached hydrogens (tertiary/aromatic N) is 2. The molecular weight excluding hydrogens is 268 g/mol. The molecular formula is C13H19ClN2OS. The molecule has 100 valence electrons. The van der Waals surface area contributed by atoms with E-state index in [1.807, 2.05) is 10.3 Å². The molecule has 1 saturated heterocycles. The van der Waals surface area contributed by atoms with E-state index in [9.17, 15) is 4.79 Å². The molecule has 1 aliphatic rings. The normalized spacial score (nSPS) is 21.1. The van der Waals surface area contributed by atoms with Crippen molar-refractivity contribution in [2.75, 3.05) is 6.54 Å². The average Bonchev–Trinajstić information content (AvgIpc) is 2.77. The lowest BCUT2D eigenvalue weighted by molar-refractivity contribution is -0.131. The molecule has 0 radical (unpaired) electrons. The lowest BCUT2D eigenvalue weighted by Crippen LogP contribution is -2.29. The molecule has 5 heteroatoms. The number of hydrogen-bond donors (Lipinski definition) is 0. The molecule has 1 fully saturated rings. The Balaban J connectivity index is 1.97. The Bertz CT molecular complexity index is 407. The molecule has 2 rings (SSSR count). The highest BCUT2D eigenvalue weighted by molar-refractivity contribution is 7.09. The summed E-state index contributed by atoms with van der Waals surface area (Å²) in [5.74, 6) is 1.42. The van der Waals surface area contributed by atoms with Crippen molar-refractivity contribution in [3.63, 3.8) is 0 Å². The molecule has 18 heavy (non-hydrogen) atoms. The second-order valence-electron chi connectivity index (χ2n) is 4.78. The van der Waals surface area contributed by atoms with Gasteiger partial charge in [0.2, 0.25) is 5.91 Å². The summed E-state index contributed by atoms with van der Waals surface area (Å²) in [6.07, 6.45) is 4.02. The van der Waals surface area contributed by atoms with Gasteiger partial charge >= 0.3 is 0 Å². The SMILES string of the molecule is CCC1CCC(=O)N(Cc2nc(CCl)cs2)CC1. The highest BCUT2D eigenvalue weighted by Crippen LogP contribution is 2.23. The van der Waals surface area contributed by atoms with Gasteiger partial charge < -0.3 is 4.90 Å². The number of carbonyl (C=O) groups excluding carboxylic acids is 1. The summed E-state index contributed by atoms with van der Waals surface area (Å²) in [7, 11) is 0. The van der Waals surface area contributed by atoms with Crippen LogP contribution in [0.1, 0.15) is 43.3 Å². The summed E-state index contributed by atoms with van der Waals surface area (Å²) in [6.45, 7) is 3.72. The van der Waals surface area contributed by atoms with Crippen molar-refractivity contribution in [3.05, 3.63) is 16.1 Å². The van der Waals surface area contributed by atoms with E-state index in [4.69, 9.17) is 11.6 Å². The Morgan fingerprint density at radius 2 is 2.39 bits per heavy atom. The van der Waals surface area contributed by atoms with Crippen LogP contribution in [0.2, 0.25) is 0 Å². The summed E-state index contributed by atoms with van der Waals surface area (Å²) in [5.41, 5.74) is 0.908. The zero-order chi connectivity index (χ0) is 13.0. The molecule has 0 bridgehead atoms. The van der Waals surface area contributed by atoms with Gasteiger partial charge in [0, 0.05) is 18.3 Å². The second-order valence-corrected chi connectivity index (χ2v) is 5.99. The highest BCUT2D eigenvalue weighted by Gasteiger charge is 2.22. The van der Waals surface area contributed by atoms with Crippen LogP contribution in [0.4, 0.5) is 0 Å². The van der Waals surface area contributed by atoms with Gasteiger partial charge in [-0.25, -0.2) is 4.98 Å². The van der Waals surface area contributed by atoms with Gasteiger partial charge in [0.15, 0.2) is 0 Å². The number of hydrogen-bond acceptors (Lipinski definition) is 3. The van der Waals surface area contributed by atoms with E-state index in [0.29, 0.717) is 24.8 Å². The molecule has 1 unspecified atom stereocenters. The average molecular weight is 287 g/mol. The van der Waals surface area contributed by atoms with E-state index in [-0.39, 0.29) is 5.91 Å². The van der Waals surface area contributed by atoms with E-state index >= 15 is 0 Å². The molecule has 0 aliphatic carbocycles. The smallest absolute Gasteiger partial charge is 0.222 e. The molecule has 1 aromatic heterocycles. The second kappa shape index (κ2) is 6.53. The molecule has 0 aromatic carbocycles. The summed E-state index contributed by atoms with van der Waals surface area (Å²) in [5, 5.41) is 2.97. The Labute approximate surface area is 117 Å². The Morgan fingerprint density at radius 1 is 1.56 bits per heavy atom. The largest absolute Gasteiger partial charge is 0.336 e. The van der Waals surface area contributed by atoms with Crippen molar-refractivity contribution < 1.29 is 4.79 Å². The van der Waals surface area contributed by atoms with Crippen molar-refractivity contribution in [3.8, 4) is 0 Å². The molecule has 0 saturated carbocycles. The van der Waals surface area contributed by atoms with Gasteiger partial charge in [0.25, 0.3) is 0 Å². The number of thiazole rings is 1. The van der Waals surface area contributed by atoms with Gasteiger partial charge in [-0.2, -0.15) is 0 Å². The molecule has 0 N–H and O–H groups in total. The van der Waals surface area contributed by atoms with Crippen molar-refractivity contribution >= 4 is 28.8 Å². The van der Waals surface area contributed by atoms with Crippen molar-refractivity contribution in [2.45, 2.75) is 45.0 Å². The molecule has 1 atom stereocenters. The Morgan fingerprint density at radius 3 is 3.06 bits per heavy atom. The molecule has 1 aliphatic heterocycles. The van der Waals surface area contributed by atoms with Crippen LogP contribution in [0, 0.1) is 5.92 Å². The van der Waals surface area contributed by atoms with Gasteiger partial charge in [0.05, 0.1) is 18.1 Å². The molecule has 1 aromatic rings. The number of likely N-dealkylation sites (tertiary alicyclic amines) is 1. The van der Waals surface area contributed by atoms with Crippen LogP contribution in [0.15, 0.2) is 5.38 Å². The van der Waals surface area contributed by atoms with E-state index < -0.39 is 0 Å². The zero-order valence-electron chi connectivity index (χ0n) is 10.7. The third kappa shape index (κ3) is 3.45. The fraction of sp³-hybridized carbons (Fsp3) is 0.692. The lowest BCUT2D eigenvalue weighted by Gasteiger charge is -2.19. The van der Waals surface area contributed by atoms with Crippen LogP contribution < -0.4 is 0 Å². The van der Waals surface area contributed by atoms with E-state index in [0.717, 1.165) is 30.1 Å². The van der Waals surface area contributed by atoms with Crippen LogP contribution in [0.5, 0.6) is 0 Å². The van der Waals surface area contributed by atoms with Gasteiger partial charge in [-0.05, 0) is 18.8 Å². The standard InChI is InChI=1S/C13H19ClN2OS/c1-2-10-3-4-13(17)16(6-5-10)8-12-15-11(7-14)9-18-12/h9-10H,2-8H2,1H3. The first-order valence-corrected chi connectivity index (χ1v) is 7.91. The first-order chi connectivity index (χ1) is 8.72. The summed E-state index contributed by atoms with van der Waals surface area (Å²) in [6, 6.07) is 0. The number of carbonyl (C=O) groups is 1. The lowest BCUT2D eigenvalue weighted by atomic mass is 9.98. The van der Waals surface area contributed by atoms with E-state index in [1.54, 1.807) is 11.3 Å². The maximum absolute atomic E-state index is 12.0. The van der Waals surface area contributed by atoms with E-state index in [2.05, 4.69) is 11.9 Å². The molecule has 3 nitrogen and oxygen atoms in total. The van der Waals surface area contributed by atoms with Crippen molar-refractivity contribution in [2.24, 2.45) is 5.92 Å². The number of halogens is 1. The third-order valence-corrected chi connectivity index (χ3v) is 4.72. The fourth-order valence-corrected chi connectivity index (χ4v) is 3.35. The van der Waals surface area contributed by atoms with Crippen LogP contribution in [-0.2, 0) is 17.2 Å². The maximum atomic E-state index is 12.0. The zero-order valence-corrected chi connectivity index (χ0v) is 12.3. The van der Waals surface area contributed by atoms with Crippen molar-refractivity contribution in [1.82, 2.24) is 9.88 Å². The maximum Gasteiger partial charge on any atom is 0.222 e. The minimum atomic E-state index is 0.272. The van der Waals surface area contributed by atoms with Gasteiger partial charge in [-0.1, -0.05) is 13.3 Å². The summed E-state index contributed by atoms with van der Waals surface area (Å²) in [4.78, 5) is 18.4. The quantitative estimate of drug-likeness (QED) is 0.795. The Hall–Kier alpha value is -0.610. The van der Waals surface area contributed by atoms with Crippen LogP contribution in [0.25, 0.3) is 0 Å². The topological polar surface area (TPSA) is 33.2 Å². The highest BCUT2D eigenvalue weighted by atomic mass is 35.5.